The van der Waals surface area contributed by atoms with Crippen LogP contribution in [0.5, 0.6) is 0 Å². The summed E-state index contributed by atoms with van der Waals surface area (Å²) in [5.74, 6) is 0. The standard InChI is InChI=1S/C15H22O3/c1-9-4-5-13(2)11(6-9)18-12-7-10(16)14(13,3)15(12)8-17-15/h6,10-12,16H,4-5,7-8H2,1-3H3/t10-,11-,12-,13+,14-,15+/m1/s1. The van der Waals surface area contributed by atoms with Crippen LogP contribution in [0.3, 0.4) is 0 Å². The second-order valence-electron chi connectivity index (χ2n) is 7.11. The number of fused-ring (bicyclic) bond motifs is 2. The number of ether oxygens (including phenoxy) is 2. The lowest BCUT2D eigenvalue weighted by Crippen LogP contribution is -2.63. The fourth-order valence-electron chi connectivity index (χ4n) is 4.88. The number of rotatable bonds is 0. The molecule has 3 nitrogen and oxygen atoms in total. The SMILES string of the molecule is CC1=C[C@H]2O[C@@H]3C[C@@H](O)[C@](C)([C@@]2(C)CC1)[C@]31CO1. The monoisotopic (exact) mass is 250 g/mol. The predicted molar refractivity (Wildman–Crippen MR) is 67.2 cm³/mol. The van der Waals surface area contributed by atoms with Gasteiger partial charge in [0.1, 0.15) is 5.60 Å². The van der Waals surface area contributed by atoms with Crippen LogP contribution in [0.2, 0.25) is 0 Å². The van der Waals surface area contributed by atoms with Crippen molar-refractivity contribution in [3.8, 4) is 0 Å². The van der Waals surface area contributed by atoms with Crippen LogP contribution < -0.4 is 0 Å². The topological polar surface area (TPSA) is 42.0 Å². The molecular formula is C15H22O3. The Labute approximate surface area is 108 Å². The summed E-state index contributed by atoms with van der Waals surface area (Å²) in [6.45, 7) is 7.46. The Morgan fingerprint density at radius 1 is 1.39 bits per heavy atom. The van der Waals surface area contributed by atoms with Crippen molar-refractivity contribution in [1.29, 1.82) is 0 Å². The van der Waals surface area contributed by atoms with Crippen LogP contribution in [-0.2, 0) is 9.47 Å². The van der Waals surface area contributed by atoms with Crippen molar-refractivity contribution >= 4 is 0 Å². The molecule has 2 aliphatic heterocycles. The highest BCUT2D eigenvalue weighted by Crippen LogP contribution is 2.71. The molecule has 0 aromatic rings. The molecule has 2 heterocycles. The van der Waals surface area contributed by atoms with Crippen molar-refractivity contribution in [1.82, 2.24) is 0 Å². The molecule has 0 aromatic carbocycles. The second kappa shape index (κ2) is 3.02. The summed E-state index contributed by atoms with van der Waals surface area (Å²) in [6.07, 6.45) is 5.14. The first-order chi connectivity index (χ1) is 8.44. The highest BCUT2D eigenvalue weighted by Gasteiger charge is 2.80. The molecule has 2 saturated heterocycles. The Hall–Kier alpha value is -0.380. The Balaban J connectivity index is 1.88. The van der Waals surface area contributed by atoms with Crippen molar-refractivity contribution < 1.29 is 14.6 Å². The van der Waals surface area contributed by atoms with Gasteiger partial charge < -0.3 is 14.6 Å². The zero-order valence-corrected chi connectivity index (χ0v) is 11.4. The minimum absolute atomic E-state index is 0.00454. The molecule has 4 rings (SSSR count). The Bertz CT molecular complexity index is 439. The second-order valence-corrected chi connectivity index (χ2v) is 7.11. The highest BCUT2D eigenvalue weighted by molar-refractivity contribution is 5.31. The number of epoxide rings is 1. The third kappa shape index (κ3) is 0.972. The van der Waals surface area contributed by atoms with Crippen LogP contribution in [-0.4, -0.2) is 35.6 Å². The van der Waals surface area contributed by atoms with Crippen LogP contribution in [0.4, 0.5) is 0 Å². The van der Waals surface area contributed by atoms with E-state index in [4.69, 9.17) is 9.47 Å². The largest absolute Gasteiger partial charge is 0.392 e. The van der Waals surface area contributed by atoms with E-state index in [1.807, 2.05) is 0 Å². The lowest BCUT2D eigenvalue weighted by atomic mass is 9.52. The van der Waals surface area contributed by atoms with E-state index in [9.17, 15) is 5.11 Å². The smallest absolute Gasteiger partial charge is 0.126 e. The lowest BCUT2D eigenvalue weighted by molar-refractivity contribution is -0.204. The van der Waals surface area contributed by atoms with E-state index < -0.39 is 0 Å². The summed E-state index contributed by atoms with van der Waals surface area (Å²) in [6, 6.07) is 0. The van der Waals surface area contributed by atoms with Crippen LogP contribution in [0.15, 0.2) is 11.6 Å². The van der Waals surface area contributed by atoms with E-state index in [-0.39, 0.29) is 34.7 Å². The summed E-state index contributed by atoms with van der Waals surface area (Å²) in [7, 11) is 0. The summed E-state index contributed by atoms with van der Waals surface area (Å²) in [4.78, 5) is 0. The van der Waals surface area contributed by atoms with E-state index in [0.717, 1.165) is 25.9 Å². The van der Waals surface area contributed by atoms with Gasteiger partial charge in [-0.2, -0.15) is 0 Å². The number of aliphatic hydroxyl groups is 1. The molecule has 0 radical (unpaired) electrons. The molecule has 100 valence electrons. The molecule has 1 saturated carbocycles. The number of allylic oxidation sites excluding steroid dienone is 1. The minimum Gasteiger partial charge on any atom is -0.392 e. The average molecular weight is 250 g/mol. The van der Waals surface area contributed by atoms with Crippen LogP contribution >= 0.6 is 0 Å². The van der Waals surface area contributed by atoms with Gasteiger partial charge in [0.2, 0.25) is 0 Å². The fourth-order valence-corrected chi connectivity index (χ4v) is 4.88. The predicted octanol–water partition coefficient (Wildman–Crippen LogP) is 2.04. The van der Waals surface area contributed by atoms with E-state index in [0.29, 0.717) is 0 Å². The highest BCUT2D eigenvalue weighted by atomic mass is 16.6. The van der Waals surface area contributed by atoms with Crippen LogP contribution in [0.25, 0.3) is 0 Å². The maximum atomic E-state index is 10.6. The summed E-state index contributed by atoms with van der Waals surface area (Å²) >= 11 is 0. The van der Waals surface area contributed by atoms with Gasteiger partial charge in [0.15, 0.2) is 0 Å². The molecule has 2 aliphatic carbocycles. The van der Waals surface area contributed by atoms with Gasteiger partial charge in [-0.25, -0.2) is 0 Å². The van der Waals surface area contributed by atoms with Gasteiger partial charge in [0.05, 0.1) is 24.9 Å². The quantitative estimate of drug-likeness (QED) is 0.528. The molecule has 0 unspecified atom stereocenters. The van der Waals surface area contributed by atoms with Gasteiger partial charge in [-0.1, -0.05) is 25.5 Å². The first kappa shape index (κ1) is 11.4. The number of hydrogen-bond donors (Lipinski definition) is 1. The average Bonchev–Trinajstić information content (AvgIpc) is 3.08. The molecule has 3 heteroatoms. The molecule has 0 amide bonds. The maximum absolute atomic E-state index is 10.6. The van der Waals surface area contributed by atoms with Gasteiger partial charge >= 0.3 is 0 Å². The van der Waals surface area contributed by atoms with Crippen LogP contribution in [0.1, 0.15) is 40.0 Å². The van der Waals surface area contributed by atoms with E-state index in [1.165, 1.54) is 5.57 Å². The van der Waals surface area contributed by atoms with Gasteiger partial charge in [-0.3, -0.25) is 0 Å². The van der Waals surface area contributed by atoms with Gasteiger partial charge in [-0.05, 0) is 19.8 Å². The fraction of sp³-hybridized carbons (Fsp3) is 0.867. The first-order valence-corrected chi connectivity index (χ1v) is 7.09. The minimum atomic E-state index is -0.299. The Morgan fingerprint density at radius 3 is 2.78 bits per heavy atom. The Morgan fingerprint density at radius 2 is 2.11 bits per heavy atom. The maximum Gasteiger partial charge on any atom is 0.126 e. The summed E-state index contributed by atoms with van der Waals surface area (Å²) in [5, 5.41) is 10.6. The molecule has 1 N–H and O–H groups in total. The van der Waals surface area contributed by atoms with Crippen LogP contribution in [0, 0.1) is 10.8 Å². The number of aliphatic hydroxyl groups excluding tert-OH is 1. The molecular weight excluding hydrogens is 228 g/mol. The molecule has 2 bridgehead atoms. The third-order valence-corrected chi connectivity index (χ3v) is 6.56. The van der Waals surface area contributed by atoms with Crippen molar-refractivity contribution in [2.75, 3.05) is 6.61 Å². The van der Waals surface area contributed by atoms with Crippen molar-refractivity contribution in [2.45, 2.75) is 63.9 Å². The summed E-state index contributed by atoms with van der Waals surface area (Å²) in [5.41, 5.74) is 1.05. The van der Waals surface area contributed by atoms with E-state index >= 15 is 0 Å². The van der Waals surface area contributed by atoms with Crippen molar-refractivity contribution in [2.24, 2.45) is 10.8 Å². The van der Waals surface area contributed by atoms with E-state index in [2.05, 4.69) is 26.8 Å². The molecule has 3 fully saturated rings. The zero-order chi connectivity index (χ0) is 12.8. The summed E-state index contributed by atoms with van der Waals surface area (Å²) < 4.78 is 12.1. The van der Waals surface area contributed by atoms with Gasteiger partial charge in [0, 0.05) is 17.3 Å². The molecule has 18 heavy (non-hydrogen) atoms. The molecule has 4 aliphatic rings. The zero-order valence-electron chi connectivity index (χ0n) is 11.4. The lowest BCUT2D eigenvalue weighted by Gasteiger charge is -2.57. The normalized spacial score (nSPS) is 61.6. The molecule has 0 aromatic heterocycles. The van der Waals surface area contributed by atoms with Crippen molar-refractivity contribution in [3.63, 3.8) is 0 Å². The number of hydrogen-bond acceptors (Lipinski definition) is 3. The van der Waals surface area contributed by atoms with Crippen molar-refractivity contribution in [3.05, 3.63) is 11.6 Å². The van der Waals surface area contributed by atoms with Gasteiger partial charge in [-0.15, -0.1) is 0 Å². The Kier molecular flexibility index (Phi) is 1.92. The molecule has 1 spiro atoms. The van der Waals surface area contributed by atoms with E-state index in [1.54, 1.807) is 0 Å². The van der Waals surface area contributed by atoms with Gasteiger partial charge in [0.25, 0.3) is 0 Å². The third-order valence-electron chi connectivity index (χ3n) is 6.56. The molecule has 6 atom stereocenters. The first-order valence-electron chi connectivity index (χ1n) is 7.09.